The van der Waals surface area contributed by atoms with Crippen LogP contribution < -0.4 is 10.1 Å². The second kappa shape index (κ2) is 9.48. The number of anilines is 1. The van der Waals surface area contributed by atoms with E-state index in [9.17, 15) is 19.2 Å². The fourth-order valence-electron chi connectivity index (χ4n) is 2.85. The molecule has 0 unspecified atom stereocenters. The Balaban J connectivity index is 1.73. The maximum Gasteiger partial charge on any atom is 0.341 e. The molecule has 2 aromatic rings. The van der Waals surface area contributed by atoms with Crippen molar-refractivity contribution < 1.29 is 29.0 Å². The summed E-state index contributed by atoms with van der Waals surface area (Å²) in [4.78, 5) is 49.2. The van der Waals surface area contributed by atoms with E-state index in [2.05, 4.69) is 5.32 Å². The van der Waals surface area contributed by atoms with Crippen LogP contribution in [0.5, 0.6) is 5.75 Å². The summed E-state index contributed by atoms with van der Waals surface area (Å²) in [7, 11) is 0. The number of carbonyl (C=O) groups is 4. The Morgan fingerprint density at radius 1 is 1.16 bits per heavy atom. The number of ether oxygens (including phenoxy) is 1. The molecule has 2 N–H and O–H groups in total. The molecule has 0 atom stereocenters. The summed E-state index contributed by atoms with van der Waals surface area (Å²) < 4.78 is 5.22. The molecule has 2 aromatic carbocycles. The lowest BCUT2D eigenvalue weighted by Crippen LogP contribution is -2.36. The molecule has 1 heterocycles. The first-order valence-corrected chi connectivity index (χ1v) is 10.1. The number of thioether (sulfide) groups is 1. The predicted octanol–water partition coefficient (Wildman–Crippen LogP) is 3.44. The van der Waals surface area contributed by atoms with Crippen LogP contribution in [0.4, 0.5) is 10.5 Å². The van der Waals surface area contributed by atoms with Crippen molar-refractivity contribution in [1.82, 2.24) is 4.90 Å². The van der Waals surface area contributed by atoms with Gasteiger partial charge in [0.25, 0.3) is 11.1 Å². The van der Waals surface area contributed by atoms with E-state index in [1.807, 2.05) is 32.0 Å². The SMILES string of the molecule is Cc1ccc(C)c(NC(=O)CN2C(=O)S/C(=C/c3ccccc3OCC(=O)O)C2=O)c1. The molecule has 160 valence electrons. The Kier molecular flexibility index (Phi) is 6.76. The molecule has 3 amide bonds. The highest BCUT2D eigenvalue weighted by atomic mass is 32.2. The largest absolute Gasteiger partial charge is 0.481 e. The maximum absolute atomic E-state index is 12.7. The quantitative estimate of drug-likeness (QED) is 0.634. The van der Waals surface area contributed by atoms with Gasteiger partial charge in [0.15, 0.2) is 6.61 Å². The third-order valence-electron chi connectivity index (χ3n) is 4.40. The van der Waals surface area contributed by atoms with Crippen LogP contribution in [0.1, 0.15) is 16.7 Å². The number of amides is 3. The summed E-state index contributed by atoms with van der Waals surface area (Å²) >= 11 is 0.710. The van der Waals surface area contributed by atoms with E-state index in [0.717, 1.165) is 16.0 Å². The van der Waals surface area contributed by atoms with Crippen molar-refractivity contribution in [2.75, 3.05) is 18.5 Å². The van der Waals surface area contributed by atoms with Crippen LogP contribution in [-0.4, -0.2) is 46.2 Å². The van der Waals surface area contributed by atoms with Crippen molar-refractivity contribution in [1.29, 1.82) is 0 Å². The van der Waals surface area contributed by atoms with Gasteiger partial charge >= 0.3 is 5.97 Å². The highest BCUT2D eigenvalue weighted by molar-refractivity contribution is 8.18. The molecular formula is C22H20N2O6S. The Labute approximate surface area is 182 Å². The maximum atomic E-state index is 12.7. The van der Waals surface area contributed by atoms with Crippen LogP contribution in [-0.2, 0) is 14.4 Å². The zero-order chi connectivity index (χ0) is 22.5. The molecule has 0 bridgehead atoms. The molecule has 1 saturated heterocycles. The highest BCUT2D eigenvalue weighted by Crippen LogP contribution is 2.34. The van der Waals surface area contributed by atoms with Gasteiger partial charge in [-0.05, 0) is 54.9 Å². The molecule has 8 nitrogen and oxygen atoms in total. The predicted molar refractivity (Wildman–Crippen MR) is 117 cm³/mol. The normalized spacial score (nSPS) is 14.8. The van der Waals surface area contributed by atoms with Crippen molar-refractivity contribution in [2.24, 2.45) is 0 Å². The smallest absolute Gasteiger partial charge is 0.341 e. The van der Waals surface area contributed by atoms with Crippen molar-refractivity contribution in [2.45, 2.75) is 13.8 Å². The first-order valence-electron chi connectivity index (χ1n) is 9.30. The molecule has 0 aliphatic carbocycles. The van der Waals surface area contributed by atoms with E-state index in [1.54, 1.807) is 24.3 Å². The number of para-hydroxylation sites is 1. The number of imide groups is 1. The van der Waals surface area contributed by atoms with Crippen LogP contribution in [0.25, 0.3) is 6.08 Å². The van der Waals surface area contributed by atoms with Gasteiger partial charge in [0.2, 0.25) is 5.91 Å². The average Bonchev–Trinajstić information content (AvgIpc) is 2.97. The lowest BCUT2D eigenvalue weighted by atomic mass is 10.1. The molecule has 31 heavy (non-hydrogen) atoms. The fraction of sp³-hybridized carbons (Fsp3) is 0.182. The van der Waals surface area contributed by atoms with E-state index in [1.165, 1.54) is 6.08 Å². The standard InChI is InChI=1S/C22H20N2O6S/c1-13-7-8-14(2)16(9-13)23-19(25)11-24-21(28)18(31-22(24)29)10-15-5-3-4-6-17(15)30-12-20(26)27/h3-10H,11-12H2,1-2H3,(H,23,25)(H,26,27)/b18-10+. The minimum Gasteiger partial charge on any atom is -0.481 e. The number of hydrogen-bond acceptors (Lipinski definition) is 6. The van der Waals surface area contributed by atoms with E-state index in [0.29, 0.717) is 23.0 Å². The topological polar surface area (TPSA) is 113 Å². The second-order valence-corrected chi connectivity index (χ2v) is 7.85. The van der Waals surface area contributed by atoms with Crippen molar-refractivity contribution in [3.05, 3.63) is 64.1 Å². The van der Waals surface area contributed by atoms with Gasteiger partial charge in [0.1, 0.15) is 12.3 Å². The zero-order valence-electron chi connectivity index (χ0n) is 16.9. The van der Waals surface area contributed by atoms with Crippen molar-refractivity contribution in [3.63, 3.8) is 0 Å². The molecule has 0 spiro atoms. The summed E-state index contributed by atoms with van der Waals surface area (Å²) in [6, 6.07) is 12.2. The third kappa shape index (κ3) is 5.52. The first-order chi connectivity index (χ1) is 14.7. The van der Waals surface area contributed by atoms with Crippen LogP contribution in [0, 0.1) is 13.8 Å². The van der Waals surface area contributed by atoms with Gasteiger partial charge in [0.05, 0.1) is 4.91 Å². The molecule has 1 aliphatic heterocycles. The molecular weight excluding hydrogens is 420 g/mol. The van der Waals surface area contributed by atoms with Gasteiger partial charge in [-0.1, -0.05) is 30.3 Å². The van der Waals surface area contributed by atoms with Crippen molar-refractivity contribution in [3.8, 4) is 5.75 Å². The first kappa shape index (κ1) is 22.1. The minimum atomic E-state index is -1.13. The van der Waals surface area contributed by atoms with Gasteiger partial charge in [-0.2, -0.15) is 0 Å². The van der Waals surface area contributed by atoms with E-state index < -0.39 is 36.2 Å². The summed E-state index contributed by atoms with van der Waals surface area (Å²) in [6.07, 6.45) is 1.45. The Hall–Kier alpha value is -3.59. The molecule has 1 aliphatic rings. The van der Waals surface area contributed by atoms with Crippen LogP contribution in [0.3, 0.4) is 0 Å². The summed E-state index contributed by atoms with van der Waals surface area (Å²) in [5.41, 5.74) is 2.91. The van der Waals surface area contributed by atoms with Gasteiger partial charge in [-0.25, -0.2) is 4.79 Å². The van der Waals surface area contributed by atoms with Gasteiger partial charge in [0, 0.05) is 11.3 Å². The number of aryl methyl sites for hydroxylation is 2. The summed E-state index contributed by atoms with van der Waals surface area (Å²) in [5.74, 6) is -1.95. The Morgan fingerprint density at radius 2 is 1.90 bits per heavy atom. The Bertz CT molecular complexity index is 1100. The fourth-order valence-corrected chi connectivity index (χ4v) is 3.68. The number of benzene rings is 2. The second-order valence-electron chi connectivity index (χ2n) is 6.85. The number of rotatable bonds is 7. The third-order valence-corrected chi connectivity index (χ3v) is 5.31. The molecule has 0 radical (unpaired) electrons. The van der Waals surface area contributed by atoms with Crippen LogP contribution in [0.2, 0.25) is 0 Å². The number of carboxylic acid groups (broad SMARTS) is 1. The number of carboxylic acids is 1. The molecule has 1 fully saturated rings. The molecule has 9 heteroatoms. The van der Waals surface area contributed by atoms with Gasteiger partial charge in [-0.15, -0.1) is 0 Å². The molecule has 3 rings (SSSR count). The lowest BCUT2D eigenvalue weighted by molar-refractivity contribution is -0.139. The number of carbonyl (C=O) groups excluding carboxylic acids is 3. The molecule has 0 saturated carbocycles. The van der Waals surface area contributed by atoms with Crippen molar-refractivity contribution >= 4 is 46.5 Å². The Morgan fingerprint density at radius 3 is 2.65 bits per heavy atom. The summed E-state index contributed by atoms with van der Waals surface area (Å²) in [5, 5.41) is 11.0. The number of aliphatic carboxylic acids is 1. The van der Waals surface area contributed by atoms with Crippen LogP contribution >= 0.6 is 11.8 Å². The summed E-state index contributed by atoms with van der Waals surface area (Å²) in [6.45, 7) is 2.80. The minimum absolute atomic E-state index is 0.121. The zero-order valence-corrected chi connectivity index (χ0v) is 17.7. The van der Waals surface area contributed by atoms with E-state index in [-0.39, 0.29) is 10.7 Å². The highest BCUT2D eigenvalue weighted by Gasteiger charge is 2.36. The van der Waals surface area contributed by atoms with Gasteiger partial charge < -0.3 is 15.2 Å². The van der Waals surface area contributed by atoms with E-state index in [4.69, 9.17) is 9.84 Å². The van der Waals surface area contributed by atoms with Crippen LogP contribution in [0.15, 0.2) is 47.4 Å². The number of hydrogen-bond donors (Lipinski definition) is 2. The average molecular weight is 440 g/mol. The van der Waals surface area contributed by atoms with Gasteiger partial charge in [-0.3, -0.25) is 19.3 Å². The lowest BCUT2D eigenvalue weighted by Gasteiger charge is -2.14. The van der Waals surface area contributed by atoms with E-state index >= 15 is 0 Å². The monoisotopic (exact) mass is 440 g/mol. The molecule has 0 aromatic heterocycles. The number of nitrogens with zero attached hydrogens (tertiary/aromatic N) is 1. The number of nitrogens with one attached hydrogen (secondary N) is 1.